The van der Waals surface area contributed by atoms with Gasteiger partial charge in [-0.1, -0.05) is 0 Å². The van der Waals surface area contributed by atoms with Crippen LogP contribution in [-0.2, 0) is 14.3 Å². The van der Waals surface area contributed by atoms with Gasteiger partial charge in [0.2, 0.25) is 5.91 Å². The first kappa shape index (κ1) is 14.9. The van der Waals surface area contributed by atoms with Crippen LogP contribution in [0.25, 0.3) is 0 Å². The van der Waals surface area contributed by atoms with Crippen LogP contribution in [0.1, 0.15) is 26.2 Å². The summed E-state index contributed by atoms with van der Waals surface area (Å²) in [7, 11) is 3.96. The Kier molecular flexibility index (Phi) is 5.55. The van der Waals surface area contributed by atoms with E-state index in [-0.39, 0.29) is 11.9 Å². The third-order valence-electron chi connectivity index (χ3n) is 2.99. The van der Waals surface area contributed by atoms with Crippen LogP contribution < -0.4 is 5.32 Å². The van der Waals surface area contributed by atoms with E-state index < -0.39 is 18.2 Å². The third kappa shape index (κ3) is 4.62. The molecule has 0 aromatic heterocycles. The summed E-state index contributed by atoms with van der Waals surface area (Å²) in [5.74, 6) is -1.20. The van der Waals surface area contributed by atoms with Crippen LogP contribution in [0.5, 0.6) is 0 Å². The summed E-state index contributed by atoms with van der Waals surface area (Å²) in [4.78, 5) is 24.6. The van der Waals surface area contributed by atoms with Gasteiger partial charge in [0.05, 0.1) is 0 Å². The second-order valence-corrected chi connectivity index (χ2v) is 5.03. The number of hydrogen-bond acceptors (Lipinski definition) is 4. The molecule has 104 valence electrons. The Hall–Kier alpha value is -1.14. The smallest absolute Gasteiger partial charge is 0.332 e. The molecule has 3 atom stereocenters. The summed E-state index contributed by atoms with van der Waals surface area (Å²) in [6.07, 6.45) is 0.280. The Bertz CT molecular complexity index is 306. The highest BCUT2D eigenvalue weighted by molar-refractivity contribution is 5.82. The van der Waals surface area contributed by atoms with Crippen molar-refractivity contribution in [3.05, 3.63) is 0 Å². The third-order valence-corrected chi connectivity index (χ3v) is 2.99. The van der Waals surface area contributed by atoms with Crippen LogP contribution in [0, 0.1) is 0 Å². The molecule has 0 saturated carbocycles. The molecule has 1 amide bonds. The van der Waals surface area contributed by atoms with E-state index in [9.17, 15) is 9.59 Å². The zero-order valence-corrected chi connectivity index (χ0v) is 11.2. The number of nitrogens with zero attached hydrogens (tertiary/aromatic N) is 1. The van der Waals surface area contributed by atoms with Gasteiger partial charge in [-0.3, -0.25) is 4.79 Å². The van der Waals surface area contributed by atoms with Gasteiger partial charge in [-0.25, -0.2) is 4.79 Å². The van der Waals surface area contributed by atoms with Gasteiger partial charge in [0.1, 0.15) is 6.10 Å². The van der Waals surface area contributed by atoms with Crippen molar-refractivity contribution in [1.82, 2.24) is 10.2 Å². The van der Waals surface area contributed by atoms with E-state index in [2.05, 4.69) is 10.2 Å². The van der Waals surface area contributed by atoms with Crippen molar-refractivity contribution in [2.45, 2.75) is 44.4 Å². The molecular formula is C12H22N2O4. The molecule has 0 spiro atoms. The normalized spacial score (nSPS) is 25.1. The Morgan fingerprint density at radius 2 is 2.00 bits per heavy atom. The Balaban J connectivity index is 2.31. The number of carboxylic acids is 1. The lowest BCUT2D eigenvalue weighted by Gasteiger charge is -2.19. The molecular weight excluding hydrogens is 236 g/mol. The number of aliphatic carboxylic acids is 1. The largest absolute Gasteiger partial charge is 0.479 e. The maximum absolute atomic E-state index is 11.8. The van der Waals surface area contributed by atoms with Crippen molar-refractivity contribution in [3.63, 3.8) is 0 Å². The van der Waals surface area contributed by atoms with Crippen molar-refractivity contribution in [2.75, 3.05) is 20.6 Å². The zero-order valence-electron chi connectivity index (χ0n) is 11.2. The lowest BCUT2D eigenvalue weighted by atomic mass is 10.1. The van der Waals surface area contributed by atoms with Gasteiger partial charge in [0.15, 0.2) is 6.10 Å². The Morgan fingerprint density at radius 3 is 2.50 bits per heavy atom. The number of rotatable bonds is 6. The molecule has 0 aliphatic carbocycles. The van der Waals surface area contributed by atoms with E-state index in [1.165, 1.54) is 0 Å². The summed E-state index contributed by atoms with van der Waals surface area (Å²) >= 11 is 0. The summed E-state index contributed by atoms with van der Waals surface area (Å²) in [5, 5.41) is 11.6. The van der Waals surface area contributed by atoms with Crippen molar-refractivity contribution < 1.29 is 19.4 Å². The topological polar surface area (TPSA) is 78.9 Å². The molecule has 1 aliphatic rings. The van der Waals surface area contributed by atoms with E-state index in [0.29, 0.717) is 12.8 Å². The van der Waals surface area contributed by atoms with Crippen LogP contribution in [0.3, 0.4) is 0 Å². The molecule has 1 rings (SSSR count). The second-order valence-electron chi connectivity index (χ2n) is 5.03. The van der Waals surface area contributed by atoms with Crippen molar-refractivity contribution >= 4 is 11.9 Å². The van der Waals surface area contributed by atoms with Gasteiger partial charge in [-0.05, 0) is 46.8 Å². The number of ether oxygens (including phenoxy) is 1. The van der Waals surface area contributed by atoms with Crippen LogP contribution in [0.2, 0.25) is 0 Å². The first-order chi connectivity index (χ1) is 8.40. The Morgan fingerprint density at radius 1 is 1.39 bits per heavy atom. The average molecular weight is 258 g/mol. The number of hydrogen-bond donors (Lipinski definition) is 2. The highest BCUT2D eigenvalue weighted by atomic mass is 16.5. The standard InChI is InChI=1S/C12H22N2O4/c1-8(6-7-14(2)3)13-11(15)9-4-5-10(18-9)12(16)17/h8-10H,4-7H2,1-3H3,(H,13,15)(H,16,17)/t8?,9-,10+/m0/s1. The fraction of sp³-hybridized carbons (Fsp3) is 0.833. The van der Waals surface area contributed by atoms with E-state index >= 15 is 0 Å². The van der Waals surface area contributed by atoms with Crippen molar-refractivity contribution in [3.8, 4) is 0 Å². The SMILES string of the molecule is CC(CCN(C)C)NC(=O)[C@@H]1CC[C@H](C(=O)O)O1. The minimum Gasteiger partial charge on any atom is -0.479 e. The summed E-state index contributed by atoms with van der Waals surface area (Å²) in [5.41, 5.74) is 0. The second kappa shape index (κ2) is 6.70. The maximum atomic E-state index is 11.8. The zero-order chi connectivity index (χ0) is 13.7. The van der Waals surface area contributed by atoms with Gasteiger partial charge in [-0.2, -0.15) is 0 Å². The molecule has 1 unspecified atom stereocenters. The molecule has 18 heavy (non-hydrogen) atoms. The number of carbonyl (C=O) groups is 2. The first-order valence-electron chi connectivity index (χ1n) is 6.23. The predicted molar refractivity (Wildman–Crippen MR) is 66.3 cm³/mol. The van der Waals surface area contributed by atoms with Gasteiger partial charge in [-0.15, -0.1) is 0 Å². The highest BCUT2D eigenvalue weighted by Crippen LogP contribution is 2.20. The molecule has 1 fully saturated rings. The quantitative estimate of drug-likeness (QED) is 0.705. The molecule has 6 nitrogen and oxygen atoms in total. The van der Waals surface area contributed by atoms with Gasteiger partial charge < -0.3 is 20.1 Å². The highest BCUT2D eigenvalue weighted by Gasteiger charge is 2.34. The molecule has 2 N–H and O–H groups in total. The van der Waals surface area contributed by atoms with Gasteiger partial charge >= 0.3 is 5.97 Å². The van der Waals surface area contributed by atoms with Crippen LogP contribution in [0.4, 0.5) is 0 Å². The molecule has 0 aromatic carbocycles. The molecule has 1 saturated heterocycles. The number of carboxylic acid groups (broad SMARTS) is 1. The molecule has 6 heteroatoms. The van der Waals surface area contributed by atoms with Crippen LogP contribution >= 0.6 is 0 Å². The van der Waals surface area contributed by atoms with Gasteiger partial charge in [0, 0.05) is 6.04 Å². The lowest BCUT2D eigenvalue weighted by Crippen LogP contribution is -2.41. The number of carbonyl (C=O) groups excluding carboxylic acids is 1. The van der Waals surface area contributed by atoms with Crippen LogP contribution in [0.15, 0.2) is 0 Å². The lowest BCUT2D eigenvalue weighted by molar-refractivity contribution is -0.151. The first-order valence-corrected chi connectivity index (χ1v) is 6.23. The van der Waals surface area contributed by atoms with Gasteiger partial charge in [0.25, 0.3) is 0 Å². The molecule has 0 aromatic rings. The molecule has 1 heterocycles. The minimum atomic E-state index is -0.994. The monoisotopic (exact) mass is 258 g/mol. The fourth-order valence-electron chi connectivity index (χ4n) is 1.87. The van der Waals surface area contributed by atoms with E-state index in [1.54, 1.807) is 0 Å². The summed E-state index contributed by atoms with van der Waals surface area (Å²) in [6.45, 7) is 2.83. The van der Waals surface area contributed by atoms with Crippen molar-refractivity contribution in [1.29, 1.82) is 0 Å². The minimum absolute atomic E-state index is 0.0624. The van der Waals surface area contributed by atoms with Crippen LogP contribution in [-0.4, -0.2) is 60.8 Å². The molecule has 0 radical (unpaired) electrons. The van der Waals surface area contributed by atoms with E-state index in [0.717, 1.165) is 13.0 Å². The maximum Gasteiger partial charge on any atom is 0.332 e. The molecule has 1 aliphatic heterocycles. The average Bonchev–Trinajstić information content (AvgIpc) is 2.75. The fourth-order valence-corrected chi connectivity index (χ4v) is 1.87. The van der Waals surface area contributed by atoms with E-state index in [4.69, 9.17) is 9.84 Å². The van der Waals surface area contributed by atoms with Crippen molar-refractivity contribution in [2.24, 2.45) is 0 Å². The predicted octanol–water partition coefficient (Wildman–Crippen LogP) is 0.0750. The summed E-state index contributed by atoms with van der Waals surface area (Å²) in [6, 6.07) is 0.0624. The number of nitrogens with one attached hydrogen (secondary N) is 1. The Labute approximate surface area is 107 Å². The van der Waals surface area contributed by atoms with E-state index in [1.807, 2.05) is 21.0 Å². The summed E-state index contributed by atoms with van der Waals surface area (Å²) < 4.78 is 5.19. The molecule has 0 bridgehead atoms. The number of amides is 1.